The highest BCUT2D eigenvalue weighted by atomic mass is 32.2. The fraction of sp³-hybridized carbons (Fsp3) is 0.273. The Labute approximate surface area is 191 Å². The summed E-state index contributed by atoms with van der Waals surface area (Å²) in [6.45, 7) is 1.12. The van der Waals surface area contributed by atoms with Gasteiger partial charge in [-0.15, -0.1) is 10.2 Å². The van der Waals surface area contributed by atoms with Crippen molar-refractivity contribution in [3.63, 3.8) is 0 Å². The lowest BCUT2D eigenvalue weighted by Gasteiger charge is -2.43. The molecule has 0 unspecified atom stereocenters. The van der Waals surface area contributed by atoms with E-state index in [0.29, 0.717) is 22.8 Å². The number of hydrogen-bond donors (Lipinski definition) is 3. The molecule has 0 amide bonds. The van der Waals surface area contributed by atoms with Crippen LogP contribution in [0.4, 0.5) is 20.3 Å². The Balaban J connectivity index is 1.69. The summed E-state index contributed by atoms with van der Waals surface area (Å²) in [7, 11) is -3.39. The fourth-order valence-corrected chi connectivity index (χ4v) is 3.93. The molecule has 1 aromatic heterocycles. The van der Waals surface area contributed by atoms with Crippen LogP contribution in [0.3, 0.4) is 0 Å². The van der Waals surface area contributed by atoms with E-state index < -0.39 is 22.2 Å². The van der Waals surface area contributed by atoms with Crippen LogP contribution >= 0.6 is 0 Å². The number of halogens is 2. The molecule has 0 saturated heterocycles. The molecule has 0 atom stereocenters. The predicted molar refractivity (Wildman–Crippen MR) is 124 cm³/mol. The number of aromatic nitrogens is 2. The molecule has 0 spiro atoms. The number of rotatable bonds is 10. The molecule has 4 N–H and O–H groups in total. The van der Waals surface area contributed by atoms with Crippen LogP contribution in [0.5, 0.6) is 0 Å². The normalized spacial score (nSPS) is 15.8. The number of benzene rings is 1. The molecule has 2 aromatic rings. The van der Waals surface area contributed by atoms with E-state index in [4.69, 9.17) is 5.73 Å². The van der Waals surface area contributed by atoms with Crippen molar-refractivity contribution in [3.8, 4) is 11.3 Å². The van der Waals surface area contributed by atoms with Gasteiger partial charge in [0.25, 0.3) is 0 Å². The van der Waals surface area contributed by atoms with Gasteiger partial charge in [-0.05, 0) is 55.2 Å². The Morgan fingerprint density at radius 2 is 2.03 bits per heavy atom. The number of nitrogens with zero attached hydrogens (tertiary/aromatic N) is 2. The molecule has 1 aliphatic carbocycles. The number of hydrogen-bond acceptors (Lipinski definition) is 7. The van der Waals surface area contributed by atoms with E-state index in [2.05, 4.69) is 31.6 Å². The van der Waals surface area contributed by atoms with Gasteiger partial charge in [-0.1, -0.05) is 30.9 Å². The maximum Gasteiger partial charge on any atom is 0.388 e. The molecular weight excluding hydrogens is 452 g/mol. The smallest absolute Gasteiger partial charge is 0.388 e. The molecular formula is C22H25F2N5O3S. The number of anilines is 2. The zero-order valence-electron chi connectivity index (χ0n) is 18.0. The van der Waals surface area contributed by atoms with Crippen LogP contribution in [-0.2, 0) is 14.8 Å². The first-order valence-electron chi connectivity index (χ1n) is 10.0. The Morgan fingerprint density at radius 1 is 1.27 bits per heavy atom. The van der Waals surface area contributed by atoms with Gasteiger partial charge in [0.05, 0.1) is 17.5 Å². The summed E-state index contributed by atoms with van der Waals surface area (Å²) in [5, 5.41) is 11.9. The summed E-state index contributed by atoms with van der Waals surface area (Å²) in [5.74, 6) is 0.163. The van der Waals surface area contributed by atoms with Gasteiger partial charge in [-0.25, -0.2) is 8.42 Å². The van der Waals surface area contributed by atoms with Gasteiger partial charge in [0.2, 0.25) is 10.0 Å². The summed E-state index contributed by atoms with van der Waals surface area (Å²) < 4.78 is 53.7. The lowest BCUT2D eigenvalue weighted by Crippen LogP contribution is -2.46. The van der Waals surface area contributed by atoms with Crippen molar-refractivity contribution in [2.45, 2.75) is 31.4 Å². The summed E-state index contributed by atoms with van der Waals surface area (Å²) in [4.78, 5) is 0. The summed E-state index contributed by atoms with van der Waals surface area (Å²) in [6, 6.07) is 10.4. The van der Waals surface area contributed by atoms with Crippen LogP contribution in [0.1, 0.15) is 19.3 Å². The number of nitrogens with two attached hydrogens (primary N) is 1. The monoisotopic (exact) mass is 477 g/mol. The van der Waals surface area contributed by atoms with Crippen molar-refractivity contribution in [1.82, 2.24) is 10.2 Å². The molecule has 1 aromatic carbocycles. The third-order valence-electron chi connectivity index (χ3n) is 5.10. The molecule has 176 valence electrons. The number of allylic oxidation sites excluding steroid dienone is 2. The second-order valence-corrected chi connectivity index (χ2v) is 9.40. The first-order valence-corrected chi connectivity index (χ1v) is 11.9. The van der Waals surface area contributed by atoms with Gasteiger partial charge < -0.3 is 15.8 Å². The highest BCUT2D eigenvalue weighted by Crippen LogP contribution is 2.40. The van der Waals surface area contributed by atoms with Gasteiger partial charge in [0.1, 0.15) is 5.82 Å². The average molecular weight is 478 g/mol. The largest absolute Gasteiger partial charge is 0.420 e. The SMILES string of the molecule is C=C(/C=C\C=C(/N)OC(F)F)C1(Nc2ccc(-c3cccc(NS(C)(=O)=O)c3)nn2)CCC1. The summed E-state index contributed by atoms with van der Waals surface area (Å²) >= 11 is 0. The maximum atomic E-state index is 12.2. The minimum atomic E-state index is -3.39. The Hall–Kier alpha value is -3.47. The van der Waals surface area contributed by atoms with E-state index in [0.717, 1.165) is 31.1 Å². The Kier molecular flexibility index (Phi) is 7.32. The lowest BCUT2D eigenvalue weighted by atomic mass is 9.71. The van der Waals surface area contributed by atoms with Crippen molar-refractivity contribution < 1.29 is 21.9 Å². The van der Waals surface area contributed by atoms with Gasteiger partial charge in [-0.3, -0.25) is 4.72 Å². The average Bonchev–Trinajstić information content (AvgIpc) is 2.69. The second kappa shape index (κ2) is 9.99. The molecule has 1 aliphatic rings. The molecule has 33 heavy (non-hydrogen) atoms. The van der Waals surface area contributed by atoms with Crippen LogP contribution in [0.25, 0.3) is 11.3 Å². The molecule has 1 fully saturated rings. The number of alkyl halides is 2. The molecule has 1 saturated carbocycles. The lowest BCUT2D eigenvalue weighted by molar-refractivity contribution is -0.0968. The van der Waals surface area contributed by atoms with Crippen molar-refractivity contribution in [2.75, 3.05) is 16.3 Å². The highest BCUT2D eigenvalue weighted by molar-refractivity contribution is 7.92. The minimum absolute atomic E-state index is 0.387. The molecule has 0 aliphatic heterocycles. The molecule has 11 heteroatoms. The van der Waals surface area contributed by atoms with E-state index in [9.17, 15) is 17.2 Å². The third kappa shape index (κ3) is 6.75. The molecule has 3 rings (SSSR count). The van der Waals surface area contributed by atoms with Gasteiger partial charge in [-0.2, -0.15) is 8.78 Å². The van der Waals surface area contributed by atoms with Crippen LogP contribution in [0.15, 0.2) is 72.7 Å². The quantitative estimate of drug-likeness (QED) is 0.349. The Morgan fingerprint density at radius 3 is 2.61 bits per heavy atom. The van der Waals surface area contributed by atoms with Gasteiger partial charge in [0, 0.05) is 11.3 Å². The van der Waals surface area contributed by atoms with Crippen molar-refractivity contribution in [2.24, 2.45) is 5.73 Å². The van der Waals surface area contributed by atoms with Crippen LogP contribution in [-0.4, -0.2) is 37.0 Å². The first kappa shape index (κ1) is 24.2. The molecule has 8 nitrogen and oxygen atoms in total. The molecule has 1 heterocycles. The van der Waals surface area contributed by atoms with Gasteiger partial charge >= 0.3 is 6.61 Å². The Bertz CT molecular complexity index is 1160. The van der Waals surface area contributed by atoms with Crippen molar-refractivity contribution in [1.29, 1.82) is 0 Å². The summed E-state index contributed by atoms with van der Waals surface area (Å²) in [6.07, 6.45) is 8.17. The predicted octanol–water partition coefficient (Wildman–Crippen LogP) is 4.00. The van der Waals surface area contributed by atoms with Crippen molar-refractivity contribution in [3.05, 3.63) is 72.7 Å². The van der Waals surface area contributed by atoms with Crippen molar-refractivity contribution >= 4 is 21.5 Å². The third-order valence-corrected chi connectivity index (χ3v) is 5.70. The zero-order chi connectivity index (χ0) is 24.1. The first-order chi connectivity index (χ1) is 15.6. The molecule has 0 bridgehead atoms. The van der Waals surface area contributed by atoms with Gasteiger partial charge in [0.15, 0.2) is 5.88 Å². The minimum Gasteiger partial charge on any atom is -0.420 e. The second-order valence-electron chi connectivity index (χ2n) is 7.65. The standard InChI is InChI=1S/C22H25F2N5O3S/c1-15(6-3-9-19(25)32-21(23)24)22(12-5-13-22)26-20-11-10-18(27-28-20)16-7-4-8-17(14-16)29-33(2,30)31/h3-4,6-11,14,21,29H,1,5,12-13,25H2,2H3,(H,26,28)/b6-3-,19-9+. The zero-order valence-corrected chi connectivity index (χ0v) is 18.8. The van der Waals surface area contributed by atoms with Crippen LogP contribution in [0, 0.1) is 0 Å². The van der Waals surface area contributed by atoms with E-state index in [-0.39, 0.29) is 5.88 Å². The van der Waals surface area contributed by atoms with E-state index in [1.165, 1.54) is 12.2 Å². The summed E-state index contributed by atoms with van der Waals surface area (Å²) in [5.41, 5.74) is 7.41. The van der Waals surface area contributed by atoms with Crippen LogP contribution in [0.2, 0.25) is 0 Å². The highest BCUT2D eigenvalue weighted by Gasteiger charge is 2.38. The maximum absolute atomic E-state index is 12.2. The number of nitrogens with one attached hydrogen (secondary N) is 2. The number of ether oxygens (including phenoxy) is 1. The van der Waals surface area contributed by atoms with E-state index in [1.54, 1.807) is 36.4 Å². The number of sulfonamides is 1. The van der Waals surface area contributed by atoms with E-state index in [1.807, 2.05) is 6.07 Å². The van der Waals surface area contributed by atoms with Crippen LogP contribution < -0.4 is 15.8 Å². The molecule has 0 radical (unpaired) electrons. The topological polar surface area (TPSA) is 119 Å². The van der Waals surface area contributed by atoms with E-state index >= 15 is 0 Å². The fourth-order valence-electron chi connectivity index (χ4n) is 3.37.